The molecule has 0 N–H and O–H groups in total. The number of hydrogen-bond donors (Lipinski definition) is 0. The minimum Gasteiger partial charge on any atom is -0.309 e. The maximum Gasteiger partial charge on any atom is 0.0541 e. The molecule has 2 nitrogen and oxygen atoms in total. The first-order chi connectivity index (χ1) is 35.5. The SMILES string of the molecule is c1ccc(-c2ccc3c(c2)c2cc(-c4ccccc4)ccc2n3-c2ccc(C34CC5CC(C3)CC(c3ccc(-n6c7ccc(-c8ccccc8)cc7c7cc(-c8ccccc8)ccc76)cc3)(C5)C4)cc2)cc1. The van der Waals surface area contributed by atoms with Gasteiger partial charge in [0.25, 0.3) is 0 Å². The molecule has 344 valence electrons. The van der Waals surface area contributed by atoms with Crippen LogP contribution < -0.4 is 0 Å². The first kappa shape index (κ1) is 41.6. The zero-order chi connectivity index (χ0) is 47.4. The highest BCUT2D eigenvalue weighted by Crippen LogP contribution is 2.66. The zero-order valence-corrected chi connectivity index (χ0v) is 40.4. The van der Waals surface area contributed by atoms with E-state index in [1.807, 2.05) is 0 Å². The van der Waals surface area contributed by atoms with Crippen LogP contribution in [0.15, 0.2) is 243 Å². The van der Waals surface area contributed by atoms with Crippen LogP contribution in [0.25, 0.3) is 99.5 Å². The molecule has 72 heavy (non-hydrogen) atoms. The average Bonchev–Trinajstić information content (AvgIpc) is 3.95. The molecule has 4 bridgehead atoms. The third kappa shape index (κ3) is 6.62. The largest absolute Gasteiger partial charge is 0.309 e. The Balaban J connectivity index is 0.785. The van der Waals surface area contributed by atoms with Gasteiger partial charge >= 0.3 is 0 Å². The van der Waals surface area contributed by atoms with Crippen molar-refractivity contribution in [2.75, 3.05) is 0 Å². The molecule has 0 radical (unpaired) electrons. The van der Waals surface area contributed by atoms with Gasteiger partial charge in [0, 0.05) is 32.9 Å². The third-order valence-corrected chi connectivity index (χ3v) is 17.5. The molecule has 4 aliphatic rings. The quantitative estimate of drug-likeness (QED) is 0.144. The summed E-state index contributed by atoms with van der Waals surface area (Å²) in [6.07, 6.45) is 7.83. The molecule has 4 aliphatic carbocycles. The minimum absolute atomic E-state index is 0.192. The van der Waals surface area contributed by atoms with Gasteiger partial charge in [0.05, 0.1) is 22.1 Å². The maximum atomic E-state index is 2.52. The molecule has 0 spiro atoms. The standard InChI is InChI=1S/C70H54N2/c1-5-13-49(14-6-1)53-21-33-65-61(38-53)62-39-54(50-15-7-2-8-16-50)22-34-66(62)71(65)59-29-25-57(26-30-59)69-42-47-37-48(43-69)45-70(44-47,46-69)58-27-31-60(32-28-58)72-67-35-23-55(51-17-9-3-10-18-51)40-63(67)64-41-56(24-36-68(64)72)52-19-11-4-12-20-52/h1-36,38-41,47-48H,37,42-46H2. The van der Waals surface area contributed by atoms with Crippen molar-refractivity contribution >= 4 is 43.6 Å². The van der Waals surface area contributed by atoms with Gasteiger partial charge in [0.1, 0.15) is 0 Å². The number of rotatable bonds is 8. The molecule has 2 aromatic heterocycles. The van der Waals surface area contributed by atoms with E-state index in [4.69, 9.17) is 0 Å². The first-order valence-corrected chi connectivity index (χ1v) is 26.2. The Morgan fingerprint density at radius 2 is 0.556 bits per heavy atom. The predicted octanol–water partition coefficient (Wildman–Crippen LogP) is 18.3. The van der Waals surface area contributed by atoms with E-state index >= 15 is 0 Å². The molecule has 0 amide bonds. The summed E-state index contributed by atoms with van der Waals surface area (Å²) in [5.41, 5.74) is 20.8. The number of aromatic nitrogens is 2. The van der Waals surface area contributed by atoms with E-state index in [2.05, 4.69) is 252 Å². The normalized spacial score (nSPS) is 20.3. The molecule has 4 saturated carbocycles. The van der Waals surface area contributed by atoms with Crippen molar-refractivity contribution in [2.24, 2.45) is 11.8 Å². The third-order valence-electron chi connectivity index (χ3n) is 17.5. The number of benzene rings is 10. The Labute approximate surface area is 421 Å². The first-order valence-electron chi connectivity index (χ1n) is 26.2. The van der Waals surface area contributed by atoms with Crippen molar-refractivity contribution in [3.63, 3.8) is 0 Å². The fraction of sp³-hybridized carbons (Fsp3) is 0.143. The van der Waals surface area contributed by atoms with E-state index in [1.54, 1.807) is 0 Å². The van der Waals surface area contributed by atoms with Gasteiger partial charge in [-0.25, -0.2) is 0 Å². The fourth-order valence-corrected chi connectivity index (χ4v) is 14.7. The lowest BCUT2D eigenvalue weighted by atomic mass is 9.42. The maximum absolute atomic E-state index is 2.52. The molecule has 0 aliphatic heterocycles. The smallest absolute Gasteiger partial charge is 0.0541 e. The summed E-state index contributed by atoms with van der Waals surface area (Å²) >= 11 is 0. The van der Waals surface area contributed by atoms with Crippen molar-refractivity contribution in [3.05, 3.63) is 254 Å². The molecule has 0 unspecified atom stereocenters. The summed E-state index contributed by atoms with van der Waals surface area (Å²) in [5, 5.41) is 5.15. The van der Waals surface area contributed by atoms with Crippen molar-refractivity contribution in [2.45, 2.75) is 49.4 Å². The second-order valence-electron chi connectivity index (χ2n) is 21.7. The molecule has 10 aromatic carbocycles. The molecule has 2 heteroatoms. The highest BCUT2D eigenvalue weighted by molar-refractivity contribution is 6.13. The molecular formula is C70H54N2. The van der Waals surface area contributed by atoms with E-state index in [1.165, 1.54) is 149 Å². The number of nitrogens with zero attached hydrogens (tertiary/aromatic N) is 2. The Kier molecular flexibility index (Phi) is 9.33. The van der Waals surface area contributed by atoms with Gasteiger partial charge in [-0.15, -0.1) is 0 Å². The summed E-state index contributed by atoms with van der Waals surface area (Å²) < 4.78 is 5.00. The van der Waals surface area contributed by atoms with Crippen LogP contribution in [0.4, 0.5) is 0 Å². The van der Waals surface area contributed by atoms with Crippen LogP contribution in [0, 0.1) is 11.8 Å². The Morgan fingerprint density at radius 3 is 0.833 bits per heavy atom. The van der Waals surface area contributed by atoms with Crippen LogP contribution in [0.1, 0.15) is 49.7 Å². The van der Waals surface area contributed by atoms with Gasteiger partial charge in [-0.3, -0.25) is 0 Å². The second kappa shape index (κ2) is 16.2. The van der Waals surface area contributed by atoms with Crippen molar-refractivity contribution in [1.82, 2.24) is 9.13 Å². The predicted molar refractivity (Wildman–Crippen MR) is 301 cm³/mol. The Morgan fingerprint density at radius 1 is 0.278 bits per heavy atom. The Hall–Kier alpha value is -8.20. The lowest BCUT2D eigenvalue weighted by Crippen LogP contribution is -2.55. The lowest BCUT2D eigenvalue weighted by molar-refractivity contribution is -0.0281. The van der Waals surface area contributed by atoms with E-state index in [-0.39, 0.29) is 10.8 Å². The molecule has 2 heterocycles. The van der Waals surface area contributed by atoms with Crippen LogP contribution in [-0.4, -0.2) is 9.13 Å². The highest BCUT2D eigenvalue weighted by atomic mass is 15.0. The zero-order valence-electron chi connectivity index (χ0n) is 40.4. The van der Waals surface area contributed by atoms with Crippen molar-refractivity contribution < 1.29 is 0 Å². The van der Waals surface area contributed by atoms with E-state index in [9.17, 15) is 0 Å². The van der Waals surface area contributed by atoms with Crippen LogP contribution in [0.3, 0.4) is 0 Å². The van der Waals surface area contributed by atoms with Gasteiger partial charge in [-0.1, -0.05) is 170 Å². The highest BCUT2D eigenvalue weighted by Gasteiger charge is 2.58. The van der Waals surface area contributed by atoms with Gasteiger partial charge < -0.3 is 9.13 Å². The fourth-order valence-electron chi connectivity index (χ4n) is 14.7. The number of fused-ring (bicyclic) bond motifs is 6. The van der Waals surface area contributed by atoms with Crippen LogP contribution in [-0.2, 0) is 10.8 Å². The topological polar surface area (TPSA) is 9.86 Å². The van der Waals surface area contributed by atoms with Crippen molar-refractivity contribution in [1.29, 1.82) is 0 Å². The molecule has 12 aromatic rings. The van der Waals surface area contributed by atoms with Crippen LogP contribution in [0.2, 0.25) is 0 Å². The summed E-state index contributed by atoms with van der Waals surface area (Å²) in [7, 11) is 0. The van der Waals surface area contributed by atoms with E-state index in [0.29, 0.717) is 0 Å². The Bertz CT molecular complexity index is 3540. The lowest BCUT2D eigenvalue weighted by Gasteiger charge is -2.63. The average molecular weight is 923 g/mol. The van der Waals surface area contributed by atoms with Gasteiger partial charge in [0.2, 0.25) is 0 Å². The van der Waals surface area contributed by atoms with Gasteiger partial charge in [-0.05, 0) is 190 Å². The summed E-state index contributed by atoms with van der Waals surface area (Å²) in [4.78, 5) is 0. The van der Waals surface area contributed by atoms with E-state index in [0.717, 1.165) is 11.8 Å². The van der Waals surface area contributed by atoms with Gasteiger partial charge in [-0.2, -0.15) is 0 Å². The summed E-state index contributed by atoms with van der Waals surface area (Å²) in [6, 6.07) is 91.2. The number of hydrogen-bond acceptors (Lipinski definition) is 0. The van der Waals surface area contributed by atoms with Crippen LogP contribution in [0.5, 0.6) is 0 Å². The molecule has 0 saturated heterocycles. The van der Waals surface area contributed by atoms with Crippen molar-refractivity contribution in [3.8, 4) is 55.9 Å². The molecule has 0 atom stereocenters. The van der Waals surface area contributed by atoms with Crippen LogP contribution >= 0.6 is 0 Å². The molecule has 4 fully saturated rings. The monoisotopic (exact) mass is 922 g/mol. The summed E-state index contributed by atoms with van der Waals surface area (Å²) in [5.74, 6) is 1.52. The van der Waals surface area contributed by atoms with Gasteiger partial charge in [0.15, 0.2) is 0 Å². The molecular weight excluding hydrogens is 869 g/mol. The summed E-state index contributed by atoms with van der Waals surface area (Å²) in [6.45, 7) is 0. The second-order valence-corrected chi connectivity index (χ2v) is 21.7. The van der Waals surface area contributed by atoms with E-state index < -0.39 is 0 Å². The molecule has 16 rings (SSSR count). The minimum atomic E-state index is 0.192.